The summed E-state index contributed by atoms with van der Waals surface area (Å²) >= 11 is 0.709. The molecule has 0 radical (unpaired) electrons. The number of aromatic carboxylic acids is 1. The Labute approximate surface area is 107 Å². The van der Waals surface area contributed by atoms with Gasteiger partial charge < -0.3 is 10.1 Å². The van der Waals surface area contributed by atoms with Crippen molar-refractivity contribution in [2.45, 2.75) is 10.8 Å². The summed E-state index contributed by atoms with van der Waals surface area (Å²) in [5.74, 6) is -1.14. The normalized spacial score (nSPS) is 11.6. The topological polar surface area (TPSA) is 112 Å². The minimum Gasteiger partial charge on any atom is -0.477 e. The predicted molar refractivity (Wildman–Crippen MR) is 63.9 cm³/mol. The smallest absolute Gasteiger partial charge is 0.345 e. The number of hydrogen-bond donors (Lipinski definition) is 3. The van der Waals surface area contributed by atoms with Gasteiger partial charge in [-0.1, -0.05) is 0 Å². The second-order valence-corrected chi connectivity index (χ2v) is 6.40. The minimum absolute atomic E-state index is 0.0167. The van der Waals surface area contributed by atoms with E-state index in [0.717, 1.165) is 0 Å². The molecule has 0 amide bonds. The maximum absolute atomic E-state index is 11.8. The van der Waals surface area contributed by atoms with Crippen LogP contribution in [0.4, 0.5) is 0 Å². The molecule has 0 bridgehead atoms. The number of aromatic amines is 1. The van der Waals surface area contributed by atoms with E-state index >= 15 is 0 Å². The van der Waals surface area contributed by atoms with E-state index in [9.17, 15) is 13.2 Å². The third kappa shape index (κ3) is 2.75. The van der Waals surface area contributed by atoms with Crippen LogP contribution in [0.15, 0.2) is 28.9 Å². The third-order valence-electron chi connectivity index (χ3n) is 2.06. The molecule has 0 fully saturated rings. The number of nitrogens with one attached hydrogen (secondary N) is 2. The molecule has 2 aromatic heterocycles. The summed E-state index contributed by atoms with van der Waals surface area (Å²) in [6.07, 6.45) is 2.94. The quantitative estimate of drug-likeness (QED) is 0.747. The molecule has 2 aromatic rings. The number of nitrogens with zero attached hydrogens (tertiary/aromatic N) is 1. The SMILES string of the molecule is O=C(O)c1ccc(S(=O)(=O)NCc2cnc[nH]2)s1. The second-order valence-electron chi connectivity index (χ2n) is 3.33. The van der Waals surface area contributed by atoms with Crippen LogP contribution in [0.3, 0.4) is 0 Å². The molecule has 2 rings (SSSR count). The number of carboxylic acid groups (broad SMARTS) is 1. The molecule has 18 heavy (non-hydrogen) atoms. The molecular formula is C9H9N3O4S2. The number of H-pyrrole nitrogens is 1. The van der Waals surface area contributed by atoms with Gasteiger partial charge in [0.2, 0.25) is 10.0 Å². The molecule has 0 atom stereocenters. The number of carbonyl (C=O) groups is 1. The van der Waals surface area contributed by atoms with Crippen LogP contribution < -0.4 is 4.72 Å². The van der Waals surface area contributed by atoms with Crippen LogP contribution in [-0.4, -0.2) is 29.5 Å². The van der Waals surface area contributed by atoms with Crippen molar-refractivity contribution in [3.05, 3.63) is 35.2 Å². The Morgan fingerprint density at radius 3 is 2.83 bits per heavy atom. The first-order valence-corrected chi connectivity index (χ1v) is 7.09. The zero-order valence-corrected chi connectivity index (χ0v) is 10.6. The Kier molecular flexibility index (Phi) is 3.45. The van der Waals surface area contributed by atoms with Gasteiger partial charge in [0.25, 0.3) is 0 Å². The van der Waals surface area contributed by atoms with Gasteiger partial charge in [0.05, 0.1) is 12.9 Å². The van der Waals surface area contributed by atoms with Crippen LogP contribution in [0.5, 0.6) is 0 Å². The highest BCUT2D eigenvalue weighted by Gasteiger charge is 2.18. The Morgan fingerprint density at radius 2 is 2.28 bits per heavy atom. The summed E-state index contributed by atoms with van der Waals surface area (Å²) in [7, 11) is -3.69. The molecule has 3 N–H and O–H groups in total. The standard InChI is InChI=1S/C9H9N3O4S2/c13-9(14)7-1-2-8(17-7)18(15,16)12-4-6-3-10-5-11-6/h1-3,5,12H,4H2,(H,10,11)(H,13,14). The lowest BCUT2D eigenvalue weighted by Crippen LogP contribution is -2.22. The fraction of sp³-hybridized carbons (Fsp3) is 0.111. The van der Waals surface area contributed by atoms with Gasteiger partial charge in [0.15, 0.2) is 0 Å². The number of carboxylic acids is 1. The van der Waals surface area contributed by atoms with Crippen LogP contribution in [0, 0.1) is 0 Å². The first-order valence-electron chi connectivity index (χ1n) is 4.79. The van der Waals surface area contributed by atoms with Gasteiger partial charge in [-0.15, -0.1) is 11.3 Å². The van der Waals surface area contributed by atoms with Crippen molar-refractivity contribution >= 4 is 27.3 Å². The third-order valence-corrected chi connectivity index (χ3v) is 5.03. The van der Waals surface area contributed by atoms with Crippen molar-refractivity contribution < 1.29 is 18.3 Å². The van der Waals surface area contributed by atoms with E-state index in [1.54, 1.807) is 0 Å². The van der Waals surface area contributed by atoms with Gasteiger partial charge in [-0.25, -0.2) is 22.9 Å². The minimum atomic E-state index is -3.69. The molecule has 0 aliphatic rings. The van der Waals surface area contributed by atoms with Crippen LogP contribution in [0.2, 0.25) is 0 Å². The number of sulfonamides is 1. The molecule has 7 nitrogen and oxygen atoms in total. The van der Waals surface area contributed by atoms with E-state index in [4.69, 9.17) is 5.11 Å². The van der Waals surface area contributed by atoms with E-state index in [0.29, 0.717) is 17.0 Å². The van der Waals surface area contributed by atoms with E-state index in [-0.39, 0.29) is 15.6 Å². The van der Waals surface area contributed by atoms with Crippen LogP contribution in [0.1, 0.15) is 15.4 Å². The van der Waals surface area contributed by atoms with E-state index in [1.807, 2.05) is 0 Å². The fourth-order valence-electron chi connectivity index (χ4n) is 1.20. The highest BCUT2D eigenvalue weighted by atomic mass is 32.2. The van der Waals surface area contributed by atoms with Gasteiger partial charge in [0.1, 0.15) is 9.09 Å². The first-order chi connectivity index (χ1) is 8.49. The lowest BCUT2D eigenvalue weighted by Gasteiger charge is -2.02. The van der Waals surface area contributed by atoms with Crippen molar-refractivity contribution in [3.63, 3.8) is 0 Å². The lowest BCUT2D eigenvalue weighted by atomic mass is 10.5. The summed E-state index contributed by atoms with van der Waals surface area (Å²) in [5, 5.41) is 8.73. The number of rotatable bonds is 5. The molecule has 96 valence electrons. The maximum Gasteiger partial charge on any atom is 0.345 e. The van der Waals surface area contributed by atoms with E-state index in [2.05, 4.69) is 14.7 Å². The highest BCUT2D eigenvalue weighted by molar-refractivity contribution is 7.91. The molecule has 9 heteroatoms. The van der Waals surface area contributed by atoms with Gasteiger partial charge in [-0.3, -0.25) is 0 Å². The fourth-order valence-corrected chi connectivity index (χ4v) is 3.40. The monoisotopic (exact) mass is 287 g/mol. The van der Waals surface area contributed by atoms with Crippen LogP contribution in [0.25, 0.3) is 0 Å². The second kappa shape index (κ2) is 4.88. The van der Waals surface area contributed by atoms with Crippen molar-refractivity contribution in [1.29, 1.82) is 0 Å². The van der Waals surface area contributed by atoms with Gasteiger partial charge in [-0.2, -0.15) is 0 Å². The van der Waals surface area contributed by atoms with Gasteiger partial charge in [-0.05, 0) is 12.1 Å². The molecule has 0 aromatic carbocycles. The van der Waals surface area contributed by atoms with Gasteiger partial charge in [0, 0.05) is 11.9 Å². The maximum atomic E-state index is 11.8. The molecule has 0 unspecified atom stereocenters. The number of aromatic nitrogens is 2. The number of hydrogen-bond acceptors (Lipinski definition) is 5. The van der Waals surface area contributed by atoms with Crippen molar-refractivity contribution in [3.8, 4) is 0 Å². The first kappa shape index (κ1) is 12.7. The summed E-state index contributed by atoms with van der Waals surface area (Å²) < 4.78 is 26.0. The number of imidazole rings is 1. The lowest BCUT2D eigenvalue weighted by molar-refractivity contribution is 0.0702. The summed E-state index contributed by atoms with van der Waals surface area (Å²) in [6.45, 7) is 0.0721. The molecule has 0 spiro atoms. The van der Waals surface area contributed by atoms with Crippen LogP contribution >= 0.6 is 11.3 Å². The molecule has 0 aliphatic carbocycles. The molecule has 0 saturated carbocycles. The van der Waals surface area contributed by atoms with Gasteiger partial charge >= 0.3 is 5.97 Å². The Bertz CT molecular complexity index is 645. The molecular weight excluding hydrogens is 278 g/mol. The zero-order valence-electron chi connectivity index (χ0n) is 8.95. The Balaban J connectivity index is 2.12. The number of thiophene rings is 1. The molecule has 0 saturated heterocycles. The average molecular weight is 287 g/mol. The van der Waals surface area contributed by atoms with E-state index in [1.165, 1.54) is 24.7 Å². The molecule has 2 heterocycles. The van der Waals surface area contributed by atoms with Crippen molar-refractivity contribution in [1.82, 2.24) is 14.7 Å². The van der Waals surface area contributed by atoms with Crippen molar-refractivity contribution in [2.24, 2.45) is 0 Å². The Hall–Kier alpha value is -1.71. The summed E-state index contributed by atoms with van der Waals surface area (Å²) in [6, 6.07) is 2.53. The predicted octanol–water partition coefficient (Wildman–Crippen LogP) is 0.648. The molecule has 0 aliphatic heterocycles. The van der Waals surface area contributed by atoms with Crippen molar-refractivity contribution in [2.75, 3.05) is 0 Å². The summed E-state index contributed by atoms with van der Waals surface area (Å²) in [4.78, 5) is 17.2. The Morgan fingerprint density at radius 1 is 1.50 bits per heavy atom. The highest BCUT2D eigenvalue weighted by Crippen LogP contribution is 2.21. The summed E-state index contributed by atoms with van der Waals surface area (Å²) in [5.41, 5.74) is 0.619. The zero-order chi connectivity index (χ0) is 13.2. The van der Waals surface area contributed by atoms with E-state index < -0.39 is 16.0 Å². The average Bonchev–Trinajstić information content (AvgIpc) is 2.98. The van der Waals surface area contributed by atoms with Crippen LogP contribution in [-0.2, 0) is 16.6 Å². The largest absolute Gasteiger partial charge is 0.477 e.